The summed E-state index contributed by atoms with van der Waals surface area (Å²) in [6.45, 7) is 5.98. The molecule has 0 spiro atoms. The Balaban J connectivity index is 2.98. The summed E-state index contributed by atoms with van der Waals surface area (Å²) in [7, 11) is 3.23. The minimum Gasteiger partial charge on any atom is -0.497 e. The number of benzene rings is 1. The lowest BCUT2D eigenvalue weighted by atomic mass is 9.82. The first kappa shape index (κ1) is 14.6. The average Bonchev–Trinajstić information content (AvgIpc) is 2.38. The standard InChI is InChI=1S/C15H22O3/c1-6-15(2,3)14(16)10-11-9-12(17-4)7-8-13(11)18-5/h7-9H,6,10H2,1-5H3. The van der Waals surface area contributed by atoms with E-state index in [0.717, 1.165) is 23.5 Å². The zero-order valence-electron chi connectivity index (χ0n) is 11.9. The Labute approximate surface area is 109 Å². The van der Waals surface area contributed by atoms with Gasteiger partial charge in [-0.15, -0.1) is 0 Å². The van der Waals surface area contributed by atoms with E-state index in [0.29, 0.717) is 6.42 Å². The first-order valence-electron chi connectivity index (χ1n) is 6.18. The number of methoxy groups -OCH3 is 2. The topological polar surface area (TPSA) is 35.5 Å². The van der Waals surface area contributed by atoms with Crippen molar-refractivity contribution in [1.82, 2.24) is 0 Å². The smallest absolute Gasteiger partial charge is 0.142 e. The quantitative estimate of drug-likeness (QED) is 0.777. The molecule has 18 heavy (non-hydrogen) atoms. The fraction of sp³-hybridized carbons (Fsp3) is 0.533. The van der Waals surface area contributed by atoms with Gasteiger partial charge in [0.05, 0.1) is 14.2 Å². The van der Waals surface area contributed by atoms with Crippen molar-refractivity contribution in [2.75, 3.05) is 14.2 Å². The highest BCUT2D eigenvalue weighted by Gasteiger charge is 2.26. The first-order chi connectivity index (χ1) is 8.44. The third-order valence-corrected chi connectivity index (χ3v) is 3.48. The maximum absolute atomic E-state index is 12.2. The van der Waals surface area contributed by atoms with Crippen molar-refractivity contribution in [3.63, 3.8) is 0 Å². The van der Waals surface area contributed by atoms with Crippen LogP contribution in [0.5, 0.6) is 11.5 Å². The lowest BCUT2D eigenvalue weighted by Gasteiger charge is -2.21. The van der Waals surface area contributed by atoms with E-state index in [1.54, 1.807) is 14.2 Å². The molecule has 1 aromatic rings. The van der Waals surface area contributed by atoms with Crippen LogP contribution < -0.4 is 9.47 Å². The van der Waals surface area contributed by atoms with E-state index in [4.69, 9.17) is 9.47 Å². The molecule has 100 valence electrons. The molecular weight excluding hydrogens is 228 g/mol. The second-order valence-corrected chi connectivity index (χ2v) is 5.02. The number of Topliss-reactive ketones (excluding diaryl/α,β-unsaturated/α-hetero) is 1. The Hall–Kier alpha value is -1.51. The molecule has 0 amide bonds. The normalized spacial score (nSPS) is 11.2. The van der Waals surface area contributed by atoms with Gasteiger partial charge in [0.15, 0.2) is 0 Å². The van der Waals surface area contributed by atoms with Gasteiger partial charge in [-0.05, 0) is 24.6 Å². The number of ketones is 1. The van der Waals surface area contributed by atoms with Crippen LogP contribution in [-0.4, -0.2) is 20.0 Å². The van der Waals surface area contributed by atoms with Gasteiger partial charge in [0, 0.05) is 17.4 Å². The molecule has 0 heterocycles. The molecule has 0 saturated heterocycles. The van der Waals surface area contributed by atoms with Gasteiger partial charge in [0.1, 0.15) is 17.3 Å². The van der Waals surface area contributed by atoms with Crippen LogP contribution in [0.25, 0.3) is 0 Å². The van der Waals surface area contributed by atoms with E-state index < -0.39 is 0 Å². The van der Waals surface area contributed by atoms with Gasteiger partial charge in [-0.1, -0.05) is 20.8 Å². The summed E-state index contributed by atoms with van der Waals surface area (Å²) in [4.78, 5) is 12.2. The number of carbonyl (C=O) groups excluding carboxylic acids is 1. The van der Waals surface area contributed by atoms with Crippen molar-refractivity contribution in [1.29, 1.82) is 0 Å². The van der Waals surface area contributed by atoms with E-state index in [1.807, 2.05) is 39.0 Å². The van der Waals surface area contributed by atoms with Gasteiger partial charge < -0.3 is 9.47 Å². The Morgan fingerprint density at radius 2 is 1.89 bits per heavy atom. The van der Waals surface area contributed by atoms with Gasteiger partial charge >= 0.3 is 0 Å². The highest BCUT2D eigenvalue weighted by molar-refractivity contribution is 5.86. The molecule has 0 aliphatic rings. The number of carbonyl (C=O) groups is 1. The maximum Gasteiger partial charge on any atom is 0.142 e. The summed E-state index contributed by atoms with van der Waals surface area (Å²) >= 11 is 0. The number of hydrogen-bond donors (Lipinski definition) is 0. The summed E-state index contributed by atoms with van der Waals surface area (Å²) in [5, 5.41) is 0. The monoisotopic (exact) mass is 250 g/mol. The third-order valence-electron chi connectivity index (χ3n) is 3.48. The Kier molecular flexibility index (Phi) is 4.76. The number of rotatable bonds is 6. The third kappa shape index (κ3) is 3.25. The minimum atomic E-state index is -0.298. The van der Waals surface area contributed by atoms with Crippen molar-refractivity contribution in [3.05, 3.63) is 23.8 Å². The lowest BCUT2D eigenvalue weighted by Crippen LogP contribution is -2.25. The summed E-state index contributed by atoms with van der Waals surface area (Å²) < 4.78 is 10.5. The molecule has 0 radical (unpaired) electrons. The van der Waals surface area contributed by atoms with E-state index in [9.17, 15) is 4.79 Å². The number of hydrogen-bond acceptors (Lipinski definition) is 3. The molecule has 1 rings (SSSR count). The molecule has 0 unspecified atom stereocenters. The molecular formula is C15H22O3. The predicted molar refractivity (Wildman–Crippen MR) is 72.3 cm³/mol. The molecule has 3 nitrogen and oxygen atoms in total. The Bertz CT molecular complexity index is 422. The Morgan fingerprint density at radius 1 is 1.22 bits per heavy atom. The van der Waals surface area contributed by atoms with Crippen LogP contribution in [-0.2, 0) is 11.2 Å². The second kappa shape index (κ2) is 5.89. The van der Waals surface area contributed by atoms with Crippen LogP contribution in [0.1, 0.15) is 32.8 Å². The SMILES string of the molecule is CCC(C)(C)C(=O)Cc1cc(OC)ccc1OC. The van der Waals surface area contributed by atoms with Gasteiger partial charge in [0.2, 0.25) is 0 Å². The highest BCUT2D eigenvalue weighted by atomic mass is 16.5. The molecule has 3 heteroatoms. The van der Waals surface area contributed by atoms with E-state index in [1.165, 1.54) is 0 Å². The zero-order valence-corrected chi connectivity index (χ0v) is 11.9. The van der Waals surface area contributed by atoms with Gasteiger partial charge in [-0.3, -0.25) is 4.79 Å². The molecule has 1 aromatic carbocycles. The summed E-state index contributed by atoms with van der Waals surface area (Å²) in [6, 6.07) is 5.53. The Morgan fingerprint density at radius 3 is 2.39 bits per heavy atom. The van der Waals surface area contributed by atoms with Crippen molar-refractivity contribution in [2.45, 2.75) is 33.6 Å². The van der Waals surface area contributed by atoms with Crippen molar-refractivity contribution >= 4 is 5.78 Å². The fourth-order valence-electron chi connectivity index (χ4n) is 1.63. The zero-order chi connectivity index (χ0) is 13.8. The lowest BCUT2D eigenvalue weighted by molar-refractivity contribution is -0.126. The van der Waals surface area contributed by atoms with Crippen LogP contribution in [0.4, 0.5) is 0 Å². The van der Waals surface area contributed by atoms with E-state index >= 15 is 0 Å². The highest BCUT2D eigenvalue weighted by Crippen LogP contribution is 2.28. The summed E-state index contributed by atoms with van der Waals surface area (Å²) in [5.74, 6) is 1.69. The molecule has 0 bridgehead atoms. The predicted octanol–water partition coefficient (Wildman–Crippen LogP) is 3.25. The molecule has 0 N–H and O–H groups in total. The van der Waals surface area contributed by atoms with E-state index in [-0.39, 0.29) is 11.2 Å². The maximum atomic E-state index is 12.2. The van der Waals surface area contributed by atoms with Crippen LogP contribution in [0.2, 0.25) is 0 Å². The summed E-state index contributed by atoms with van der Waals surface area (Å²) in [6.07, 6.45) is 1.21. The molecule has 0 aliphatic heterocycles. The van der Waals surface area contributed by atoms with Crippen LogP contribution in [0.15, 0.2) is 18.2 Å². The molecule has 0 aromatic heterocycles. The van der Waals surface area contributed by atoms with Crippen LogP contribution in [0.3, 0.4) is 0 Å². The van der Waals surface area contributed by atoms with Crippen LogP contribution >= 0.6 is 0 Å². The molecule has 0 fully saturated rings. The van der Waals surface area contributed by atoms with Crippen molar-refractivity contribution in [3.8, 4) is 11.5 Å². The molecule has 0 atom stereocenters. The summed E-state index contributed by atoms with van der Waals surface area (Å²) in [5.41, 5.74) is 0.581. The van der Waals surface area contributed by atoms with Crippen molar-refractivity contribution in [2.24, 2.45) is 5.41 Å². The number of ether oxygens (including phenoxy) is 2. The van der Waals surface area contributed by atoms with Crippen molar-refractivity contribution < 1.29 is 14.3 Å². The fourth-order valence-corrected chi connectivity index (χ4v) is 1.63. The van der Waals surface area contributed by atoms with Crippen LogP contribution in [0, 0.1) is 5.41 Å². The van der Waals surface area contributed by atoms with Gasteiger partial charge in [-0.2, -0.15) is 0 Å². The molecule has 0 saturated carbocycles. The largest absolute Gasteiger partial charge is 0.497 e. The minimum absolute atomic E-state index is 0.219. The average molecular weight is 250 g/mol. The van der Waals surface area contributed by atoms with Gasteiger partial charge in [0.25, 0.3) is 0 Å². The molecule has 0 aliphatic carbocycles. The van der Waals surface area contributed by atoms with E-state index in [2.05, 4.69) is 0 Å². The van der Waals surface area contributed by atoms with Gasteiger partial charge in [-0.25, -0.2) is 0 Å². The second-order valence-electron chi connectivity index (χ2n) is 5.02. The first-order valence-corrected chi connectivity index (χ1v) is 6.18.